The van der Waals surface area contributed by atoms with Crippen LogP contribution >= 0.6 is 0 Å². The lowest BCUT2D eigenvalue weighted by molar-refractivity contribution is 0.571. The molecule has 2 heteroatoms. The average molecular weight is 260 g/mol. The number of hydrogen-bond donors (Lipinski definition) is 1. The Morgan fingerprint density at radius 1 is 0.950 bits per heavy atom. The van der Waals surface area contributed by atoms with Gasteiger partial charge in [-0.3, -0.25) is 4.98 Å². The van der Waals surface area contributed by atoms with Crippen molar-refractivity contribution in [1.82, 2.24) is 10.3 Å². The third-order valence-corrected chi connectivity index (χ3v) is 4.13. The van der Waals surface area contributed by atoms with E-state index in [1.54, 1.807) is 0 Å². The number of nitrogens with one attached hydrogen (secondary N) is 1. The van der Waals surface area contributed by atoms with E-state index in [0.717, 1.165) is 13.0 Å². The molecule has 2 aromatic carbocycles. The topological polar surface area (TPSA) is 24.9 Å². The Morgan fingerprint density at radius 2 is 1.85 bits per heavy atom. The molecule has 1 atom stereocenters. The zero-order chi connectivity index (χ0) is 13.4. The van der Waals surface area contributed by atoms with Gasteiger partial charge in [-0.1, -0.05) is 42.5 Å². The summed E-state index contributed by atoms with van der Waals surface area (Å²) in [6.45, 7) is 1.03. The van der Waals surface area contributed by atoms with E-state index in [1.165, 1.54) is 27.5 Å². The van der Waals surface area contributed by atoms with E-state index in [-0.39, 0.29) is 6.04 Å². The molecule has 1 N–H and O–H groups in total. The largest absolute Gasteiger partial charge is 0.306 e. The highest BCUT2D eigenvalue weighted by Crippen LogP contribution is 2.32. The van der Waals surface area contributed by atoms with Crippen LogP contribution in [-0.4, -0.2) is 11.5 Å². The first kappa shape index (κ1) is 11.6. The molecule has 0 bridgehead atoms. The molecular weight excluding hydrogens is 244 g/mol. The summed E-state index contributed by atoms with van der Waals surface area (Å²) in [6.07, 6.45) is 4.92. The fourth-order valence-electron chi connectivity index (χ4n) is 3.18. The maximum atomic E-state index is 4.22. The first-order valence-corrected chi connectivity index (χ1v) is 7.07. The van der Waals surface area contributed by atoms with Crippen LogP contribution in [0.1, 0.15) is 22.7 Å². The van der Waals surface area contributed by atoms with E-state index in [4.69, 9.17) is 0 Å². The van der Waals surface area contributed by atoms with E-state index < -0.39 is 0 Å². The van der Waals surface area contributed by atoms with Gasteiger partial charge in [0, 0.05) is 24.3 Å². The summed E-state index contributed by atoms with van der Waals surface area (Å²) in [4.78, 5) is 4.22. The van der Waals surface area contributed by atoms with E-state index in [1.807, 2.05) is 12.4 Å². The summed E-state index contributed by atoms with van der Waals surface area (Å²) >= 11 is 0. The molecule has 0 saturated heterocycles. The number of nitrogens with zero attached hydrogens (tertiary/aromatic N) is 1. The van der Waals surface area contributed by atoms with Gasteiger partial charge in [0.2, 0.25) is 0 Å². The van der Waals surface area contributed by atoms with Gasteiger partial charge in [-0.15, -0.1) is 0 Å². The minimum atomic E-state index is 0.283. The van der Waals surface area contributed by atoms with Gasteiger partial charge in [-0.05, 0) is 34.6 Å². The Labute approximate surface area is 118 Å². The fourth-order valence-corrected chi connectivity index (χ4v) is 3.18. The lowest BCUT2D eigenvalue weighted by Gasteiger charge is -2.28. The molecule has 0 aliphatic carbocycles. The zero-order valence-corrected chi connectivity index (χ0v) is 11.2. The summed E-state index contributed by atoms with van der Waals surface area (Å²) < 4.78 is 0. The van der Waals surface area contributed by atoms with Crippen LogP contribution in [0, 0.1) is 0 Å². The third kappa shape index (κ3) is 1.81. The SMILES string of the molecule is c1ccc2c(c1)CCNC2c1cccc2cnccc12. The Balaban J connectivity index is 1.93. The van der Waals surface area contributed by atoms with Gasteiger partial charge < -0.3 is 5.32 Å². The molecule has 0 saturated carbocycles. The Bertz CT molecular complexity index is 759. The van der Waals surface area contributed by atoms with Crippen molar-refractivity contribution in [3.63, 3.8) is 0 Å². The molecule has 1 aliphatic rings. The quantitative estimate of drug-likeness (QED) is 0.724. The van der Waals surface area contributed by atoms with Crippen LogP contribution < -0.4 is 5.32 Å². The van der Waals surface area contributed by atoms with Crippen LogP contribution in [0.3, 0.4) is 0 Å². The van der Waals surface area contributed by atoms with E-state index >= 15 is 0 Å². The maximum absolute atomic E-state index is 4.22. The van der Waals surface area contributed by atoms with Crippen molar-refractivity contribution in [1.29, 1.82) is 0 Å². The van der Waals surface area contributed by atoms with E-state index in [0.29, 0.717) is 0 Å². The highest BCUT2D eigenvalue weighted by atomic mass is 14.9. The molecule has 20 heavy (non-hydrogen) atoms. The van der Waals surface area contributed by atoms with Crippen LogP contribution in [0.25, 0.3) is 10.8 Å². The van der Waals surface area contributed by atoms with Crippen molar-refractivity contribution < 1.29 is 0 Å². The average Bonchev–Trinajstić information content (AvgIpc) is 2.54. The van der Waals surface area contributed by atoms with Crippen LogP contribution in [0.4, 0.5) is 0 Å². The number of aromatic nitrogens is 1. The van der Waals surface area contributed by atoms with Crippen LogP contribution in [0.5, 0.6) is 0 Å². The molecule has 2 nitrogen and oxygen atoms in total. The molecule has 1 unspecified atom stereocenters. The fraction of sp³-hybridized carbons (Fsp3) is 0.167. The third-order valence-electron chi connectivity index (χ3n) is 4.13. The predicted octanol–water partition coefficient (Wildman–Crippen LogP) is 3.47. The van der Waals surface area contributed by atoms with Crippen molar-refractivity contribution in [2.45, 2.75) is 12.5 Å². The molecule has 0 spiro atoms. The summed E-state index contributed by atoms with van der Waals surface area (Å²) in [5, 5.41) is 6.16. The molecule has 0 radical (unpaired) electrons. The minimum absolute atomic E-state index is 0.283. The molecule has 3 aromatic rings. The highest BCUT2D eigenvalue weighted by Gasteiger charge is 2.21. The maximum Gasteiger partial charge on any atom is 0.0585 e. The van der Waals surface area contributed by atoms with Gasteiger partial charge in [0.25, 0.3) is 0 Å². The predicted molar refractivity (Wildman–Crippen MR) is 81.7 cm³/mol. The standard InChI is InChI=1S/C18H16N2/c1-2-6-16-13(4-1)8-11-20-18(16)17-7-3-5-14-12-19-10-9-15(14)17/h1-7,9-10,12,18,20H,8,11H2. The lowest BCUT2D eigenvalue weighted by Crippen LogP contribution is -2.30. The molecule has 4 rings (SSSR count). The molecular formula is C18H16N2. The lowest BCUT2D eigenvalue weighted by atomic mass is 9.88. The van der Waals surface area contributed by atoms with Gasteiger partial charge in [0.15, 0.2) is 0 Å². The van der Waals surface area contributed by atoms with Gasteiger partial charge in [-0.2, -0.15) is 0 Å². The highest BCUT2D eigenvalue weighted by molar-refractivity contribution is 5.85. The number of fused-ring (bicyclic) bond motifs is 2. The second-order valence-corrected chi connectivity index (χ2v) is 5.28. The monoisotopic (exact) mass is 260 g/mol. The van der Waals surface area contributed by atoms with Gasteiger partial charge >= 0.3 is 0 Å². The summed E-state index contributed by atoms with van der Waals surface area (Å²) in [6, 6.07) is 17.6. The number of benzene rings is 2. The first-order chi connectivity index (χ1) is 9.93. The molecule has 2 heterocycles. The molecule has 0 amide bonds. The van der Waals surface area contributed by atoms with E-state index in [2.05, 4.69) is 58.8 Å². The minimum Gasteiger partial charge on any atom is -0.306 e. The molecule has 1 aromatic heterocycles. The Hall–Kier alpha value is -2.19. The Kier molecular flexibility index (Phi) is 2.75. The van der Waals surface area contributed by atoms with Gasteiger partial charge in [-0.25, -0.2) is 0 Å². The summed E-state index contributed by atoms with van der Waals surface area (Å²) in [5.74, 6) is 0. The van der Waals surface area contributed by atoms with E-state index in [9.17, 15) is 0 Å². The van der Waals surface area contributed by atoms with Crippen molar-refractivity contribution in [3.05, 3.63) is 77.6 Å². The molecule has 1 aliphatic heterocycles. The van der Waals surface area contributed by atoms with Crippen molar-refractivity contribution >= 4 is 10.8 Å². The second-order valence-electron chi connectivity index (χ2n) is 5.28. The number of hydrogen-bond acceptors (Lipinski definition) is 2. The van der Waals surface area contributed by atoms with Gasteiger partial charge in [0.1, 0.15) is 0 Å². The van der Waals surface area contributed by atoms with Crippen LogP contribution in [0.15, 0.2) is 60.9 Å². The molecule has 0 fully saturated rings. The summed E-state index contributed by atoms with van der Waals surface area (Å²) in [5.41, 5.74) is 4.21. The second kappa shape index (κ2) is 4.73. The van der Waals surface area contributed by atoms with Crippen molar-refractivity contribution in [2.24, 2.45) is 0 Å². The molecule has 98 valence electrons. The smallest absolute Gasteiger partial charge is 0.0585 e. The Morgan fingerprint density at radius 3 is 2.85 bits per heavy atom. The van der Waals surface area contributed by atoms with Gasteiger partial charge in [0.05, 0.1) is 6.04 Å². The normalized spacial score (nSPS) is 17.9. The van der Waals surface area contributed by atoms with Crippen LogP contribution in [0.2, 0.25) is 0 Å². The number of rotatable bonds is 1. The van der Waals surface area contributed by atoms with Crippen molar-refractivity contribution in [3.8, 4) is 0 Å². The van der Waals surface area contributed by atoms with Crippen molar-refractivity contribution in [2.75, 3.05) is 6.54 Å². The number of pyridine rings is 1. The zero-order valence-electron chi connectivity index (χ0n) is 11.2. The summed E-state index contributed by atoms with van der Waals surface area (Å²) in [7, 11) is 0. The first-order valence-electron chi connectivity index (χ1n) is 7.07. The van der Waals surface area contributed by atoms with Crippen LogP contribution in [-0.2, 0) is 6.42 Å².